The van der Waals surface area contributed by atoms with E-state index >= 15 is 0 Å². The normalized spacial score (nSPS) is 10.2. The lowest BCUT2D eigenvalue weighted by molar-refractivity contribution is 0.0489. The highest BCUT2D eigenvalue weighted by Crippen LogP contribution is 2.16. The second-order valence-electron chi connectivity index (χ2n) is 5.44. The van der Waals surface area contributed by atoms with E-state index in [0.717, 1.165) is 25.7 Å². The maximum atomic E-state index is 12.3. The number of unbranched alkanes of at least 4 members (excludes halogenated alkanes) is 3. The Hall–Kier alpha value is -2.62. The standard InChI is InChI=1S/C20H22O4/c1-2-3-4-10-15-23-19(21)17-13-8-9-14-18(17)20(22)24-16-11-6-5-7-12-16/h5-9,11-14H,2-4,10,15H2,1H3. The number of para-hydroxylation sites is 1. The number of ether oxygens (including phenoxy) is 2. The number of benzene rings is 2. The monoisotopic (exact) mass is 326 g/mol. The Kier molecular flexibility index (Phi) is 7.02. The highest BCUT2D eigenvalue weighted by Gasteiger charge is 2.19. The number of carbonyl (C=O) groups is 2. The van der Waals surface area contributed by atoms with E-state index in [4.69, 9.17) is 9.47 Å². The Morgan fingerprint density at radius 3 is 2.08 bits per heavy atom. The van der Waals surface area contributed by atoms with Gasteiger partial charge in [-0.3, -0.25) is 0 Å². The van der Waals surface area contributed by atoms with Crippen LogP contribution in [0.2, 0.25) is 0 Å². The molecular formula is C20H22O4. The molecule has 0 aliphatic rings. The molecule has 0 aromatic heterocycles. The van der Waals surface area contributed by atoms with E-state index in [-0.39, 0.29) is 11.1 Å². The molecule has 0 amide bonds. The fourth-order valence-electron chi connectivity index (χ4n) is 2.26. The van der Waals surface area contributed by atoms with Crippen LogP contribution in [0, 0.1) is 0 Å². The molecule has 0 aliphatic heterocycles. The van der Waals surface area contributed by atoms with Gasteiger partial charge in [0, 0.05) is 0 Å². The molecule has 0 atom stereocenters. The summed E-state index contributed by atoms with van der Waals surface area (Å²) >= 11 is 0. The molecule has 0 unspecified atom stereocenters. The van der Waals surface area contributed by atoms with E-state index in [2.05, 4.69) is 6.92 Å². The fourth-order valence-corrected chi connectivity index (χ4v) is 2.26. The van der Waals surface area contributed by atoms with Gasteiger partial charge in [0.2, 0.25) is 0 Å². The number of hydrogen-bond donors (Lipinski definition) is 0. The summed E-state index contributed by atoms with van der Waals surface area (Å²) in [4.78, 5) is 24.5. The van der Waals surface area contributed by atoms with E-state index in [0.29, 0.717) is 12.4 Å². The summed E-state index contributed by atoms with van der Waals surface area (Å²) in [5.74, 6) is -0.628. The van der Waals surface area contributed by atoms with Crippen LogP contribution in [0.4, 0.5) is 0 Å². The van der Waals surface area contributed by atoms with Crippen LogP contribution in [-0.4, -0.2) is 18.5 Å². The Labute approximate surface area is 142 Å². The van der Waals surface area contributed by atoms with Crippen molar-refractivity contribution in [3.05, 3.63) is 65.7 Å². The second kappa shape index (κ2) is 9.50. The fraction of sp³-hybridized carbons (Fsp3) is 0.300. The molecule has 0 bridgehead atoms. The van der Waals surface area contributed by atoms with Crippen molar-refractivity contribution in [3.8, 4) is 5.75 Å². The molecule has 0 aliphatic carbocycles. The van der Waals surface area contributed by atoms with Gasteiger partial charge >= 0.3 is 11.9 Å². The maximum absolute atomic E-state index is 12.3. The third-order valence-electron chi connectivity index (χ3n) is 3.55. The van der Waals surface area contributed by atoms with Gasteiger partial charge < -0.3 is 9.47 Å². The zero-order chi connectivity index (χ0) is 17.2. The van der Waals surface area contributed by atoms with Crippen LogP contribution in [0.5, 0.6) is 5.75 Å². The molecule has 2 aromatic rings. The molecule has 4 heteroatoms. The molecule has 24 heavy (non-hydrogen) atoms. The van der Waals surface area contributed by atoms with Crippen LogP contribution < -0.4 is 4.74 Å². The number of esters is 2. The third kappa shape index (κ3) is 5.23. The highest BCUT2D eigenvalue weighted by atomic mass is 16.5. The lowest BCUT2D eigenvalue weighted by atomic mass is 10.1. The van der Waals surface area contributed by atoms with Gasteiger partial charge in [0.1, 0.15) is 5.75 Å². The topological polar surface area (TPSA) is 52.6 Å². The molecule has 0 spiro atoms. The van der Waals surface area contributed by atoms with Crippen molar-refractivity contribution < 1.29 is 19.1 Å². The van der Waals surface area contributed by atoms with Crippen LogP contribution in [0.25, 0.3) is 0 Å². The van der Waals surface area contributed by atoms with Gasteiger partial charge in [0.05, 0.1) is 17.7 Å². The second-order valence-corrected chi connectivity index (χ2v) is 5.44. The average Bonchev–Trinajstić information content (AvgIpc) is 2.62. The van der Waals surface area contributed by atoms with E-state index < -0.39 is 11.9 Å². The predicted octanol–water partition coefficient (Wildman–Crippen LogP) is 4.64. The largest absolute Gasteiger partial charge is 0.462 e. The van der Waals surface area contributed by atoms with Gasteiger partial charge in [0.15, 0.2) is 0 Å². The van der Waals surface area contributed by atoms with E-state index in [1.807, 2.05) is 6.07 Å². The summed E-state index contributed by atoms with van der Waals surface area (Å²) in [6, 6.07) is 15.3. The van der Waals surface area contributed by atoms with Crippen LogP contribution in [0.15, 0.2) is 54.6 Å². The van der Waals surface area contributed by atoms with Gasteiger partial charge in [-0.25, -0.2) is 9.59 Å². The summed E-state index contributed by atoms with van der Waals surface area (Å²) < 4.78 is 10.6. The molecule has 0 radical (unpaired) electrons. The first kappa shape index (κ1) is 17.7. The minimum absolute atomic E-state index is 0.208. The Bertz CT molecular complexity index is 664. The van der Waals surface area contributed by atoms with E-state index in [1.165, 1.54) is 0 Å². The van der Waals surface area contributed by atoms with Crippen LogP contribution in [0.1, 0.15) is 53.3 Å². The smallest absolute Gasteiger partial charge is 0.344 e. The molecular weight excluding hydrogens is 304 g/mol. The van der Waals surface area contributed by atoms with E-state index in [9.17, 15) is 9.59 Å². The minimum atomic E-state index is -0.570. The summed E-state index contributed by atoms with van der Waals surface area (Å²) in [5.41, 5.74) is 0.439. The summed E-state index contributed by atoms with van der Waals surface area (Å²) in [5, 5.41) is 0. The van der Waals surface area contributed by atoms with Crippen LogP contribution in [-0.2, 0) is 4.74 Å². The van der Waals surface area contributed by atoms with Gasteiger partial charge in [0.25, 0.3) is 0 Å². The molecule has 0 fully saturated rings. The van der Waals surface area contributed by atoms with Crippen LogP contribution in [0.3, 0.4) is 0 Å². The summed E-state index contributed by atoms with van der Waals surface area (Å²) in [7, 11) is 0. The maximum Gasteiger partial charge on any atom is 0.344 e. The Morgan fingerprint density at radius 1 is 0.792 bits per heavy atom. The Morgan fingerprint density at radius 2 is 1.42 bits per heavy atom. The quantitative estimate of drug-likeness (QED) is 0.403. The first-order valence-corrected chi connectivity index (χ1v) is 8.25. The van der Waals surface area contributed by atoms with Crippen molar-refractivity contribution in [2.45, 2.75) is 32.6 Å². The molecule has 0 saturated carbocycles. The van der Waals surface area contributed by atoms with Gasteiger partial charge in [-0.05, 0) is 30.7 Å². The van der Waals surface area contributed by atoms with Crippen molar-refractivity contribution >= 4 is 11.9 Å². The highest BCUT2D eigenvalue weighted by molar-refractivity contribution is 6.03. The Balaban J connectivity index is 2.01. The molecule has 126 valence electrons. The zero-order valence-electron chi connectivity index (χ0n) is 13.9. The first-order valence-electron chi connectivity index (χ1n) is 8.25. The lowest BCUT2D eigenvalue weighted by Gasteiger charge is -2.09. The van der Waals surface area contributed by atoms with Crippen molar-refractivity contribution in [1.29, 1.82) is 0 Å². The summed E-state index contributed by atoms with van der Waals surface area (Å²) in [6.07, 6.45) is 4.11. The third-order valence-corrected chi connectivity index (χ3v) is 3.55. The molecule has 2 rings (SSSR count). The zero-order valence-corrected chi connectivity index (χ0v) is 13.9. The summed E-state index contributed by atoms with van der Waals surface area (Å²) in [6.45, 7) is 2.49. The van der Waals surface area contributed by atoms with Crippen LogP contribution >= 0.6 is 0 Å². The van der Waals surface area contributed by atoms with Gasteiger partial charge in [-0.15, -0.1) is 0 Å². The number of rotatable bonds is 8. The molecule has 2 aromatic carbocycles. The molecule has 0 saturated heterocycles. The van der Waals surface area contributed by atoms with Crippen molar-refractivity contribution in [2.75, 3.05) is 6.61 Å². The van der Waals surface area contributed by atoms with Gasteiger partial charge in [-0.1, -0.05) is 56.5 Å². The predicted molar refractivity (Wildman–Crippen MR) is 92.3 cm³/mol. The number of hydrogen-bond acceptors (Lipinski definition) is 4. The van der Waals surface area contributed by atoms with E-state index in [1.54, 1.807) is 48.5 Å². The SMILES string of the molecule is CCCCCCOC(=O)c1ccccc1C(=O)Oc1ccccc1. The minimum Gasteiger partial charge on any atom is -0.462 e. The molecule has 0 heterocycles. The first-order chi connectivity index (χ1) is 11.7. The van der Waals surface area contributed by atoms with Crippen molar-refractivity contribution in [3.63, 3.8) is 0 Å². The lowest BCUT2D eigenvalue weighted by Crippen LogP contribution is -2.16. The number of carbonyl (C=O) groups excluding carboxylic acids is 2. The molecule has 0 N–H and O–H groups in total. The molecule has 4 nitrogen and oxygen atoms in total. The average molecular weight is 326 g/mol. The van der Waals surface area contributed by atoms with Crippen molar-refractivity contribution in [2.24, 2.45) is 0 Å². The van der Waals surface area contributed by atoms with Crippen molar-refractivity contribution in [1.82, 2.24) is 0 Å². The van der Waals surface area contributed by atoms with Gasteiger partial charge in [-0.2, -0.15) is 0 Å².